The molecule has 16 heavy (non-hydrogen) atoms. The van der Waals surface area contributed by atoms with Crippen LogP contribution in [0.15, 0.2) is 18.2 Å². The first-order valence-electron chi connectivity index (χ1n) is 5.39. The van der Waals surface area contributed by atoms with Gasteiger partial charge >= 0.3 is 0 Å². The van der Waals surface area contributed by atoms with Crippen molar-refractivity contribution in [2.75, 3.05) is 0 Å². The molecule has 0 fully saturated rings. The van der Waals surface area contributed by atoms with E-state index in [-0.39, 0.29) is 24.2 Å². The second-order valence-corrected chi connectivity index (χ2v) is 3.78. The molecule has 0 heterocycles. The van der Waals surface area contributed by atoms with E-state index in [4.69, 9.17) is 5.73 Å². The highest BCUT2D eigenvalue weighted by Crippen LogP contribution is 2.28. The average Bonchev–Trinajstić information content (AvgIpc) is 2.22. The highest BCUT2D eigenvalue weighted by molar-refractivity contribution is 5.85. The molecule has 1 rings (SSSR count). The minimum atomic E-state index is -0.599. The van der Waals surface area contributed by atoms with Crippen LogP contribution in [0.2, 0.25) is 0 Å². The number of phenols is 1. The Labute approximate surface area is 102 Å². The Morgan fingerprint density at radius 1 is 1.38 bits per heavy atom. The van der Waals surface area contributed by atoms with Crippen molar-refractivity contribution in [3.8, 4) is 5.75 Å². The Morgan fingerprint density at radius 2 is 2.06 bits per heavy atom. The molecule has 0 aliphatic rings. The molecule has 0 radical (unpaired) electrons. The topological polar surface area (TPSA) is 46.2 Å². The quantitative estimate of drug-likeness (QED) is 0.782. The summed E-state index contributed by atoms with van der Waals surface area (Å²) in [6.45, 7) is 2.12. The third kappa shape index (κ3) is 3.99. The summed E-state index contributed by atoms with van der Waals surface area (Å²) >= 11 is 0. The number of phenolic OH excluding ortho intramolecular Hbond substituents is 1. The third-order valence-corrected chi connectivity index (χ3v) is 2.54. The molecule has 0 amide bonds. The summed E-state index contributed by atoms with van der Waals surface area (Å²) < 4.78 is 13.0. The molecule has 0 aromatic heterocycles. The number of nitrogens with two attached hydrogens (primary N) is 1. The summed E-state index contributed by atoms with van der Waals surface area (Å²) in [6.07, 6.45) is 4.03. The molecular formula is C12H19ClFNO. The van der Waals surface area contributed by atoms with Crippen molar-refractivity contribution in [2.45, 2.75) is 38.6 Å². The molecule has 4 heteroatoms. The minimum Gasteiger partial charge on any atom is -0.505 e. The molecule has 0 aliphatic carbocycles. The van der Waals surface area contributed by atoms with Gasteiger partial charge in [0.15, 0.2) is 11.6 Å². The van der Waals surface area contributed by atoms with Crippen molar-refractivity contribution >= 4 is 12.4 Å². The van der Waals surface area contributed by atoms with Gasteiger partial charge in [-0.3, -0.25) is 0 Å². The Balaban J connectivity index is 0.00000225. The highest BCUT2D eigenvalue weighted by atomic mass is 35.5. The van der Waals surface area contributed by atoms with E-state index in [2.05, 4.69) is 6.92 Å². The Kier molecular flexibility index (Phi) is 7.10. The first kappa shape index (κ1) is 15.2. The van der Waals surface area contributed by atoms with E-state index in [1.54, 1.807) is 12.1 Å². The first-order valence-corrected chi connectivity index (χ1v) is 5.39. The fourth-order valence-corrected chi connectivity index (χ4v) is 1.60. The molecule has 0 bridgehead atoms. The minimum absolute atomic E-state index is 0. The predicted molar refractivity (Wildman–Crippen MR) is 66.4 cm³/mol. The molecule has 1 aromatic rings. The summed E-state index contributed by atoms with van der Waals surface area (Å²) in [5.41, 5.74) is 6.38. The average molecular weight is 248 g/mol. The second-order valence-electron chi connectivity index (χ2n) is 3.78. The normalized spacial score (nSPS) is 11.9. The van der Waals surface area contributed by atoms with Crippen LogP contribution < -0.4 is 5.73 Å². The van der Waals surface area contributed by atoms with Gasteiger partial charge in [0.1, 0.15) is 0 Å². The van der Waals surface area contributed by atoms with Crippen molar-refractivity contribution in [1.29, 1.82) is 0 Å². The lowest BCUT2D eigenvalue weighted by atomic mass is 10.0. The number of benzene rings is 1. The molecule has 1 atom stereocenters. The van der Waals surface area contributed by atoms with Crippen molar-refractivity contribution in [1.82, 2.24) is 0 Å². The first-order chi connectivity index (χ1) is 7.16. The maximum Gasteiger partial charge on any atom is 0.165 e. The van der Waals surface area contributed by atoms with E-state index in [1.165, 1.54) is 6.07 Å². The van der Waals surface area contributed by atoms with E-state index in [9.17, 15) is 9.50 Å². The second kappa shape index (κ2) is 7.47. The summed E-state index contributed by atoms with van der Waals surface area (Å²) in [5.74, 6) is -0.903. The number of hydrogen-bond acceptors (Lipinski definition) is 2. The summed E-state index contributed by atoms with van der Waals surface area (Å²) in [4.78, 5) is 0. The van der Waals surface area contributed by atoms with Crippen LogP contribution in [-0.2, 0) is 0 Å². The smallest absolute Gasteiger partial charge is 0.165 e. The van der Waals surface area contributed by atoms with Crippen LogP contribution in [0, 0.1) is 5.82 Å². The van der Waals surface area contributed by atoms with Gasteiger partial charge in [-0.2, -0.15) is 0 Å². The van der Waals surface area contributed by atoms with Gasteiger partial charge in [-0.15, -0.1) is 12.4 Å². The molecule has 0 saturated carbocycles. The maximum absolute atomic E-state index is 13.0. The molecule has 92 valence electrons. The lowest BCUT2D eigenvalue weighted by molar-refractivity contribution is 0.417. The zero-order valence-corrected chi connectivity index (χ0v) is 10.3. The monoisotopic (exact) mass is 247 g/mol. The largest absolute Gasteiger partial charge is 0.505 e. The van der Waals surface area contributed by atoms with Crippen LogP contribution in [0.4, 0.5) is 4.39 Å². The molecule has 2 nitrogen and oxygen atoms in total. The molecule has 0 aliphatic heterocycles. The van der Waals surface area contributed by atoms with Crippen LogP contribution >= 0.6 is 12.4 Å². The lowest BCUT2D eigenvalue weighted by Crippen LogP contribution is -2.10. The van der Waals surface area contributed by atoms with Crippen molar-refractivity contribution < 1.29 is 9.50 Å². The standard InChI is InChI=1S/C12H18FNO.ClH/c1-2-3-4-8-11(14)9-6-5-7-10(13)12(9)15;/h5-7,11,15H,2-4,8,14H2,1H3;1H/t11-;/m1./s1. The number of para-hydroxylation sites is 1. The van der Waals surface area contributed by atoms with Gasteiger partial charge in [-0.1, -0.05) is 38.3 Å². The van der Waals surface area contributed by atoms with Gasteiger partial charge in [0.05, 0.1) is 0 Å². The van der Waals surface area contributed by atoms with Crippen LogP contribution in [-0.4, -0.2) is 5.11 Å². The lowest BCUT2D eigenvalue weighted by Gasteiger charge is -2.13. The van der Waals surface area contributed by atoms with Gasteiger partial charge in [0, 0.05) is 11.6 Å². The van der Waals surface area contributed by atoms with Crippen molar-refractivity contribution in [3.05, 3.63) is 29.6 Å². The van der Waals surface area contributed by atoms with Crippen molar-refractivity contribution in [3.63, 3.8) is 0 Å². The molecule has 0 unspecified atom stereocenters. The van der Waals surface area contributed by atoms with E-state index >= 15 is 0 Å². The third-order valence-electron chi connectivity index (χ3n) is 2.54. The molecule has 0 spiro atoms. The van der Waals surface area contributed by atoms with Gasteiger partial charge in [0.2, 0.25) is 0 Å². The number of rotatable bonds is 5. The number of aromatic hydroxyl groups is 1. The van der Waals surface area contributed by atoms with Gasteiger partial charge in [0.25, 0.3) is 0 Å². The van der Waals surface area contributed by atoms with Gasteiger partial charge in [-0.05, 0) is 12.5 Å². The summed E-state index contributed by atoms with van der Waals surface area (Å²) in [6, 6.07) is 4.21. The Morgan fingerprint density at radius 3 is 2.69 bits per heavy atom. The van der Waals surface area contributed by atoms with Crippen LogP contribution in [0.1, 0.15) is 44.2 Å². The Bertz CT molecular complexity index is 320. The highest BCUT2D eigenvalue weighted by Gasteiger charge is 2.13. The predicted octanol–water partition coefficient (Wildman–Crippen LogP) is 3.53. The van der Waals surface area contributed by atoms with Gasteiger partial charge < -0.3 is 10.8 Å². The number of hydrogen-bond donors (Lipinski definition) is 2. The SMILES string of the molecule is CCCCC[C@@H](N)c1cccc(F)c1O.Cl. The fraction of sp³-hybridized carbons (Fsp3) is 0.500. The molecule has 1 aromatic carbocycles. The van der Waals surface area contributed by atoms with Crippen molar-refractivity contribution in [2.24, 2.45) is 5.73 Å². The summed E-state index contributed by atoms with van der Waals surface area (Å²) in [5, 5.41) is 9.47. The molecular weight excluding hydrogens is 229 g/mol. The van der Waals surface area contributed by atoms with E-state index in [1.807, 2.05) is 0 Å². The zero-order valence-electron chi connectivity index (χ0n) is 9.45. The van der Waals surface area contributed by atoms with E-state index in [0.717, 1.165) is 25.7 Å². The van der Waals surface area contributed by atoms with Crippen LogP contribution in [0.3, 0.4) is 0 Å². The zero-order chi connectivity index (χ0) is 11.3. The Hall–Kier alpha value is -0.800. The van der Waals surface area contributed by atoms with E-state index in [0.29, 0.717) is 5.56 Å². The van der Waals surface area contributed by atoms with E-state index < -0.39 is 5.82 Å². The maximum atomic E-state index is 13.0. The fourth-order valence-electron chi connectivity index (χ4n) is 1.60. The summed E-state index contributed by atoms with van der Waals surface area (Å²) in [7, 11) is 0. The number of unbranched alkanes of at least 4 members (excludes halogenated alkanes) is 2. The molecule has 0 saturated heterocycles. The van der Waals surface area contributed by atoms with Gasteiger partial charge in [-0.25, -0.2) is 4.39 Å². The number of halogens is 2. The van der Waals surface area contributed by atoms with Crippen LogP contribution in [0.25, 0.3) is 0 Å². The van der Waals surface area contributed by atoms with Crippen LogP contribution in [0.5, 0.6) is 5.75 Å². The molecule has 3 N–H and O–H groups in total.